The normalized spacial score (nSPS) is 27.1. The minimum atomic E-state index is -4.29. The van der Waals surface area contributed by atoms with E-state index >= 15 is 0 Å². The lowest BCUT2D eigenvalue weighted by molar-refractivity contribution is -0.137. The fourth-order valence-corrected chi connectivity index (χ4v) is 5.49. The summed E-state index contributed by atoms with van der Waals surface area (Å²) in [4.78, 5) is 0. The molecular weight excluding hydrogens is 393 g/mol. The van der Waals surface area contributed by atoms with Crippen molar-refractivity contribution in [1.82, 2.24) is 0 Å². The molecule has 0 radical (unpaired) electrons. The summed E-state index contributed by atoms with van der Waals surface area (Å²) in [5.74, 6) is 9.40. The SMILES string of the molecule is CCCCC[C@H]1CC[C@H](C2CCC(/C=C/C#Cc3ccc(C(F)(F)F)cc3)CC2)CC1. The highest BCUT2D eigenvalue weighted by Gasteiger charge is 2.30. The maximum Gasteiger partial charge on any atom is 0.416 e. The highest BCUT2D eigenvalue weighted by atomic mass is 19.4. The third-order valence-electron chi connectivity index (χ3n) is 7.47. The van der Waals surface area contributed by atoms with Crippen LogP contribution in [0.4, 0.5) is 13.2 Å². The predicted molar refractivity (Wildman–Crippen MR) is 123 cm³/mol. The fourth-order valence-electron chi connectivity index (χ4n) is 5.49. The predicted octanol–water partition coefficient (Wildman–Crippen LogP) is 8.81. The molecule has 0 N–H and O–H groups in total. The number of rotatable bonds is 6. The van der Waals surface area contributed by atoms with E-state index in [2.05, 4.69) is 24.8 Å². The Morgan fingerprint density at radius 1 is 0.871 bits per heavy atom. The largest absolute Gasteiger partial charge is 0.416 e. The zero-order valence-corrected chi connectivity index (χ0v) is 18.9. The van der Waals surface area contributed by atoms with Gasteiger partial charge in [-0.05, 0) is 92.5 Å². The molecule has 0 bridgehead atoms. The van der Waals surface area contributed by atoms with Crippen LogP contribution in [0.2, 0.25) is 0 Å². The van der Waals surface area contributed by atoms with Gasteiger partial charge in [-0.2, -0.15) is 13.2 Å². The average Bonchev–Trinajstić information content (AvgIpc) is 2.78. The van der Waals surface area contributed by atoms with Crippen LogP contribution in [0.5, 0.6) is 0 Å². The molecular formula is C28H37F3. The molecule has 0 atom stereocenters. The van der Waals surface area contributed by atoms with Crippen molar-refractivity contribution in [2.45, 2.75) is 90.1 Å². The van der Waals surface area contributed by atoms with Gasteiger partial charge in [0, 0.05) is 5.56 Å². The summed E-state index contributed by atoms with van der Waals surface area (Å²) in [6, 6.07) is 5.06. The van der Waals surface area contributed by atoms with Crippen LogP contribution in [0.15, 0.2) is 36.4 Å². The maximum atomic E-state index is 12.6. The minimum absolute atomic E-state index is 0.600. The fraction of sp³-hybridized carbons (Fsp3) is 0.643. The number of hydrogen-bond acceptors (Lipinski definition) is 0. The molecule has 1 aromatic carbocycles. The molecule has 3 rings (SSSR count). The van der Waals surface area contributed by atoms with E-state index in [9.17, 15) is 13.2 Å². The van der Waals surface area contributed by atoms with Crippen LogP contribution in [0, 0.1) is 35.5 Å². The Hall–Kier alpha value is -1.69. The van der Waals surface area contributed by atoms with E-state index in [-0.39, 0.29) is 0 Å². The summed E-state index contributed by atoms with van der Waals surface area (Å²) in [5.41, 5.74) is -0.0120. The number of benzene rings is 1. The number of hydrogen-bond donors (Lipinski definition) is 0. The van der Waals surface area contributed by atoms with E-state index < -0.39 is 11.7 Å². The van der Waals surface area contributed by atoms with Gasteiger partial charge in [0.15, 0.2) is 0 Å². The topological polar surface area (TPSA) is 0 Å². The second-order valence-corrected chi connectivity index (χ2v) is 9.66. The zero-order chi connectivity index (χ0) is 22.1. The van der Waals surface area contributed by atoms with Crippen LogP contribution in [-0.2, 0) is 6.18 Å². The first-order valence-corrected chi connectivity index (χ1v) is 12.3. The molecule has 31 heavy (non-hydrogen) atoms. The van der Waals surface area contributed by atoms with Crippen LogP contribution in [0.25, 0.3) is 0 Å². The van der Waals surface area contributed by atoms with Crippen LogP contribution < -0.4 is 0 Å². The first-order valence-electron chi connectivity index (χ1n) is 12.3. The summed E-state index contributed by atoms with van der Waals surface area (Å²) >= 11 is 0. The third-order valence-corrected chi connectivity index (χ3v) is 7.47. The lowest BCUT2D eigenvalue weighted by Gasteiger charge is -2.37. The molecule has 2 fully saturated rings. The van der Waals surface area contributed by atoms with Gasteiger partial charge in [0.05, 0.1) is 5.56 Å². The van der Waals surface area contributed by atoms with E-state index in [4.69, 9.17) is 0 Å². The van der Waals surface area contributed by atoms with Crippen molar-refractivity contribution in [2.75, 3.05) is 0 Å². The van der Waals surface area contributed by atoms with Crippen molar-refractivity contribution in [3.8, 4) is 11.8 Å². The Bertz CT molecular complexity index is 731. The van der Waals surface area contributed by atoms with Gasteiger partial charge in [-0.1, -0.05) is 63.4 Å². The number of unbranched alkanes of at least 4 members (excludes halogenated alkanes) is 2. The van der Waals surface area contributed by atoms with Crippen molar-refractivity contribution in [3.63, 3.8) is 0 Å². The first-order chi connectivity index (χ1) is 15.0. The molecule has 0 nitrogen and oxygen atoms in total. The molecule has 1 aromatic rings. The molecule has 0 unspecified atom stereocenters. The van der Waals surface area contributed by atoms with Gasteiger partial charge in [0.25, 0.3) is 0 Å². The standard InChI is InChI=1S/C28H37F3/c1-2-3-4-7-22-10-16-25(17-11-22)26-18-12-23(13-19-26)8-5-6-9-24-14-20-27(21-15-24)28(29,30)31/h5,8,14-15,20-23,25-26H,2-4,7,10-13,16-19H2,1H3/b8-5+/t22-,23?,25-,26?. The third kappa shape index (κ3) is 7.74. The van der Waals surface area contributed by atoms with E-state index in [1.54, 1.807) is 0 Å². The zero-order valence-electron chi connectivity index (χ0n) is 18.9. The number of halogens is 3. The van der Waals surface area contributed by atoms with Crippen molar-refractivity contribution in [3.05, 3.63) is 47.5 Å². The summed E-state index contributed by atoms with van der Waals surface area (Å²) < 4.78 is 37.8. The van der Waals surface area contributed by atoms with Crippen LogP contribution in [0.1, 0.15) is 95.1 Å². The molecule has 0 spiro atoms. The van der Waals surface area contributed by atoms with Gasteiger partial charge in [0.2, 0.25) is 0 Å². The maximum absolute atomic E-state index is 12.6. The molecule has 2 aliphatic rings. The van der Waals surface area contributed by atoms with Crippen LogP contribution in [0.3, 0.4) is 0 Å². The second-order valence-electron chi connectivity index (χ2n) is 9.66. The first kappa shape index (κ1) is 24.0. The van der Waals surface area contributed by atoms with Gasteiger partial charge in [-0.15, -0.1) is 0 Å². The molecule has 0 amide bonds. The number of allylic oxidation sites excluding steroid dienone is 2. The molecule has 0 aromatic heterocycles. The number of alkyl halides is 3. The highest BCUT2D eigenvalue weighted by molar-refractivity contribution is 5.39. The minimum Gasteiger partial charge on any atom is -0.166 e. The Morgan fingerprint density at radius 2 is 1.48 bits per heavy atom. The molecule has 0 saturated heterocycles. The van der Waals surface area contributed by atoms with E-state index in [0.717, 1.165) is 29.9 Å². The lowest BCUT2D eigenvalue weighted by Crippen LogP contribution is -2.25. The quantitative estimate of drug-likeness (QED) is 0.312. The summed E-state index contributed by atoms with van der Waals surface area (Å²) in [5, 5.41) is 0. The van der Waals surface area contributed by atoms with Gasteiger partial charge >= 0.3 is 6.18 Å². The Balaban J connectivity index is 1.37. The Morgan fingerprint density at radius 3 is 2.06 bits per heavy atom. The summed E-state index contributed by atoms with van der Waals surface area (Å²) in [7, 11) is 0. The van der Waals surface area contributed by atoms with E-state index in [1.807, 2.05) is 6.08 Å². The van der Waals surface area contributed by atoms with Crippen molar-refractivity contribution < 1.29 is 13.2 Å². The second kappa shape index (κ2) is 11.8. The monoisotopic (exact) mass is 430 g/mol. The summed E-state index contributed by atoms with van der Waals surface area (Å²) in [6.45, 7) is 2.29. The molecule has 0 aliphatic heterocycles. The van der Waals surface area contributed by atoms with Gasteiger partial charge in [0.1, 0.15) is 0 Å². The Kier molecular flexibility index (Phi) is 9.12. The smallest absolute Gasteiger partial charge is 0.166 e. The molecule has 0 heterocycles. The van der Waals surface area contributed by atoms with Crippen molar-refractivity contribution >= 4 is 0 Å². The van der Waals surface area contributed by atoms with Crippen LogP contribution in [-0.4, -0.2) is 0 Å². The average molecular weight is 431 g/mol. The van der Waals surface area contributed by atoms with Gasteiger partial charge < -0.3 is 0 Å². The molecule has 3 heteroatoms. The van der Waals surface area contributed by atoms with E-state index in [1.165, 1.54) is 89.2 Å². The lowest BCUT2D eigenvalue weighted by atomic mass is 9.68. The Labute approximate surface area is 186 Å². The molecule has 2 saturated carbocycles. The summed E-state index contributed by atoms with van der Waals surface area (Å²) in [6.07, 6.45) is 16.4. The van der Waals surface area contributed by atoms with Crippen molar-refractivity contribution in [1.29, 1.82) is 0 Å². The van der Waals surface area contributed by atoms with Crippen LogP contribution >= 0.6 is 0 Å². The van der Waals surface area contributed by atoms with Gasteiger partial charge in [-0.3, -0.25) is 0 Å². The van der Waals surface area contributed by atoms with Crippen molar-refractivity contribution in [2.24, 2.45) is 23.7 Å². The molecule has 170 valence electrons. The van der Waals surface area contributed by atoms with Gasteiger partial charge in [-0.25, -0.2) is 0 Å². The highest BCUT2D eigenvalue weighted by Crippen LogP contribution is 2.42. The van der Waals surface area contributed by atoms with E-state index in [0.29, 0.717) is 11.5 Å². The molecule has 2 aliphatic carbocycles.